The fourth-order valence-electron chi connectivity index (χ4n) is 1.45. The van der Waals surface area contributed by atoms with Crippen LogP contribution in [-0.2, 0) is 10.0 Å². The summed E-state index contributed by atoms with van der Waals surface area (Å²) >= 11 is 0. The summed E-state index contributed by atoms with van der Waals surface area (Å²) in [4.78, 5) is 1.24. The van der Waals surface area contributed by atoms with Crippen LogP contribution in [-0.4, -0.2) is 13.6 Å². The Labute approximate surface area is 86.3 Å². The van der Waals surface area contributed by atoms with E-state index in [2.05, 4.69) is 0 Å². The Morgan fingerprint density at radius 3 is 2.60 bits per heavy atom. The van der Waals surface area contributed by atoms with Crippen molar-refractivity contribution in [2.75, 3.05) is 0 Å². The third-order valence-corrected chi connectivity index (χ3v) is 3.28. The third kappa shape index (κ3) is 1.52. The Morgan fingerprint density at radius 1 is 1.33 bits per heavy atom. The van der Waals surface area contributed by atoms with Crippen molar-refractivity contribution in [2.24, 2.45) is 0 Å². The lowest BCUT2D eigenvalue weighted by Crippen LogP contribution is -2.19. The molecule has 6 heteroatoms. The molecule has 0 atom stereocenters. The first-order valence-corrected chi connectivity index (χ1v) is 5.68. The van der Waals surface area contributed by atoms with Gasteiger partial charge < -0.3 is 9.62 Å². The lowest BCUT2D eigenvalue weighted by Gasteiger charge is -1.96. The molecule has 0 aliphatic carbocycles. The Kier molecular flexibility index (Phi) is 2.26. The Hall–Kier alpha value is -1.37. The first-order chi connectivity index (χ1) is 7.06. The number of nitrogens with one attached hydrogen (secondary N) is 1. The minimum Gasteiger partial charge on any atom is -0.443 e. The number of rotatable bonds is 2. The lowest BCUT2D eigenvalue weighted by atomic mass is 10.2. The van der Waals surface area contributed by atoms with Gasteiger partial charge in [0.25, 0.3) is 10.0 Å². The van der Waals surface area contributed by atoms with Crippen molar-refractivity contribution in [3.05, 3.63) is 29.8 Å². The van der Waals surface area contributed by atoms with E-state index >= 15 is 0 Å². The number of sulfonamides is 1. The average molecular weight is 227 g/mol. The van der Waals surface area contributed by atoms with Gasteiger partial charge in [0.15, 0.2) is 0 Å². The number of benzene rings is 1. The van der Waals surface area contributed by atoms with Crippen molar-refractivity contribution in [1.82, 2.24) is 4.89 Å². The quantitative estimate of drug-likeness (QED) is 0.760. The van der Waals surface area contributed by atoms with E-state index < -0.39 is 10.0 Å². The zero-order valence-electron chi connectivity index (χ0n) is 7.89. The molecular formula is C9H9NO4S. The largest absolute Gasteiger partial charge is 0.443 e. The fourth-order valence-corrected chi connectivity index (χ4v) is 2.25. The van der Waals surface area contributed by atoms with Crippen LogP contribution in [0.2, 0.25) is 0 Å². The lowest BCUT2D eigenvalue weighted by molar-refractivity contribution is 0.239. The van der Waals surface area contributed by atoms with Gasteiger partial charge in [-0.2, -0.15) is 0 Å². The molecule has 80 valence electrons. The van der Waals surface area contributed by atoms with E-state index in [0.29, 0.717) is 16.5 Å². The molecule has 0 aliphatic heterocycles. The molecule has 0 fully saturated rings. The molecule has 2 aromatic rings. The third-order valence-electron chi connectivity index (χ3n) is 2.16. The molecule has 0 saturated carbocycles. The minimum atomic E-state index is -3.95. The predicted molar refractivity (Wildman–Crippen MR) is 53.1 cm³/mol. The standard InChI is InChI=1S/C9H9NO4S/c1-6-7-4-2-3-5-8(7)14-9(6)15(12,13)10-11/h2-5,10-11H,1H3. The maximum absolute atomic E-state index is 11.3. The number of aryl methyl sites for hydroxylation is 1. The Balaban J connectivity index is 2.80. The van der Waals surface area contributed by atoms with Gasteiger partial charge in [-0.15, -0.1) is 0 Å². The molecule has 0 amide bonds. The summed E-state index contributed by atoms with van der Waals surface area (Å²) in [6, 6.07) is 6.95. The highest BCUT2D eigenvalue weighted by Gasteiger charge is 2.22. The zero-order valence-corrected chi connectivity index (χ0v) is 8.71. The van der Waals surface area contributed by atoms with E-state index in [0.717, 1.165) is 0 Å². The first kappa shape index (κ1) is 10.2. The number of hydrogen-bond acceptors (Lipinski definition) is 4. The van der Waals surface area contributed by atoms with Gasteiger partial charge in [-0.3, -0.25) is 0 Å². The molecule has 2 N–H and O–H groups in total. The van der Waals surface area contributed by atoms with Gasteiger partial charge in [-0.05, 0) is 13.0 Å². The molecule has 1 aromatic carbocycles. The van der Waals surface area contributed by atoms with Crippen molar-refractivity contribution >= 4 is 21.0 Å². The normalized spacial score (nSPS) is 12.1. The van der Waals surface area contributed by atoms with Crippen LogP contribution in [0.3, 0.4) is 0 Å². The topological polar surface area (TPSA) is 79.5 Å². The van der Waals surface area contributed by atoms with E-state index in [1.165, 1.54) is 4.89 Å². The summed E-state index contributed by atoms with van der Waals surface area (Å²) in [5, 5.41) is 8.96. The molecule has 0 radical (unpaired) electrons. The fraction of sp³-hybridized carbons (Fsp3) is 0.111. The van der Waals surface area contributed by atoms with Crippen molar-refractivity contribution in [1.29, 1.82) is 0 Å². The molecule has 1 heterocycles. The van der Waals surface area contributed by atoms with Crippen LogP contribution in [0.25, 0.3) is 11.0 Å². The monoisotopic (exact) mass is 227 g/mol. The molecule has 0 spiro atoms. The predicted octanol–water partition coefficient (Wildman–Crippen LogP) is 1.41. The van der Waals surface area contributed by atoms with Crippen molar-refractivity contribution in [3.8, 4) is 0 Å². The molecule has 1 aromatic heterocycles. The number of furan rings is 1. The van der Waals surface area contributed by atoms with Crippen LogP contribution in [0.5, 0.6) is 0 Å². The van der Waals surface area contributed by atoms with Crippen molar-refractivity contribution < 1.29 is 18.0 Å². The summed E-state index contributed by atoms with van der Waals surface area (Å²) in [6.07, 6.45) is 0. The minimum absolute atomic E-state index is 0.258. The first-order valence-electron chi connectivity index (χ1n) is 4.20. The highest BCUT2D eigenvalue weighted by Crippen LogP contribution is 2.27. The van der Waals surface area contributed by atoms with Gasteiger partial charge in [-0.25, -0.2) is 8.42 Å². The SMILES string of the molecule is Cc1c(S(=O)(=O)NO)oc2ccccc12. The molecule has 0 bridgehead atoms. The second-order valence-corrected chi connectivity index (χ2v) is 4.67. The molecule has 0 saturated heterocycles. The van der Waals surface area contributed by atoms with E-state index in [1.807, 2.05) is 0 Å². The molecule has 0 aliphatic rings. The van der Waals surface area contributed by atoms with Gasteiger partial charge >= 0.3 is 0 Å². The van der Waals surface area contributed by atoms with Crippen LogP contribution < -0.4 is 4.89 Å². The van der Waals surface area contributed by atoms with Crippen molar-refractivity contribution in [3.63, 3.8) is 0 Å². The van der Waals surface area contributed by atoms with Crippen LogP contribution in [0.1, 0.15) is 5.56 Å². The van der Waals surface area contributed by atoms with E-state index in [1.54, 1.807) is 31.2 Å². The maximum atomic E-state index is 11.3. The highest BCUT2D eigenvalue weighted by molar-refractivity contribution is 7.89. The summed E-state index contributed by atoms with van der Waals surface area (Å²) < 4.78 is 27.8. The highest BCUT2D eigenvalue weighted by atomic mass is 32.2. The summed E-state index contributed by atoms with van der Waals surface area (Å²) in [5.74, 6) is 0. The number of para-hydroxylation sites is 1. The summed E-state index contributed by atoms with van der Waals surface area (Å²) in [5.41, 5.74) is 0.955. The second-order valence-electron chi connectivity index (χ2n) is 3.11. The van der Waals surface area contributed by atoms with Gasteiger partial charge in [-0.1, -0.05) is 23.1 Å². The van der Waals surface area contributed by atoms with E-state index in [-0.39, 0.29) is 5.09 Å². The second kappa shape index (κ2) is 3.34. The zero-order chi connectivity index (χ0) is 11.1. The van der Waals surface area contributed by atoms with Gasteiger partial charge in [0.2, 0.25) is 5.09 Å². The smallest absolute Gasteiger partial charge is 0.295 e. The van der Waals surface area contributed by atoms with E-state index in [4.69, 9.17) is 9.62 Å². The van der Waals surface area contributed by atoms with Crippen LogP contribution in [0.15, 0.2) is 33.8 Å². The van der Waals surface area contributed by atoms with Crippen molar-refractivity contribution in [2.45, 2.75) is 12.0 Å². The average Bonchev–Trinajstić information content (AvgIpc) is 2.58. The summed E-state index contributed by atoms with van der Waals surface area (Å²) in [7, 11) is -3.95. The molecule has 5 nitrogen and oxygen atoms in total. The summed E-state index contributed by atoms with van der Waals surface area (Å²) in [6.45, 7) is 1.62. The van der Waals surface area contributed by atoms with Crippen LogP contribution >= 0.6 is 0 Å². The molecule has 0 unspecified atom stereocenters. The maximum Gasteiger partial charge on any atom is 0.295 e. The molecular weight excluding hydrogens is 218 g/mol. The Bertz CT molecular complexity index is 600. The number of fused-ring (bicyclic) bond motifs is 1. The number of hydrogen-bond donors (Lipinski definition) is 2. The van der Waals surface area contributed by atoms with Crippen LogP contribution in [0.4, 0.5) is 0 Å². The molecule has 2 rings (SSSR count). The van der Waals surface area contributed by atoms with Gasteiger partial charge in [0.05, 0.1) is 0 Å². The van der Waals surface area contributed by atoms with Gasteiger partial charge in [0, 0.05) is 10.9 Å². The van der Waals surface area contributed by atoms with Gasteiger partial charge in [0.1, 0.15) is 5.58 Å². The van der Waals surface area contributed by atoms with Crippen LogP contribution in [0, 0.1) is 6.92 Å². The van der Waals surface area contributed by atoms with E-state index in [9.17, 15) is 8.42 Å². The Morgan fingerprint density at radius 2 is 2.00 bits per heavy atom. The molecule has 15 heavy (non-hydrogen) atoms.